The molecule has 0 radical (unpaired) electrons. The first-order chi connectivity index (χ1) is 9.56. The van der Waals surface area contributed by atoms with E-state index in [9.17, 15) is 0 Å². The number of hydrogen-bond acceptors (Lipinski definition) is 3. The Bertz CT molecular complexity index is 525. The Balaban J connectivity index is 1.64. The van der Waals surface area contributed by atoms with Gasteiger partial charge in [-0.2, -0.15) is 0 Å². The molecule has 1 aromatic carbocycles. The van der Waals surface area contributed by atoms with E-state index in [0.29, 0.717) is 0 Å². The van der Waals surface area contributed by atoms with E-state index in [2.05, 4.69) is 59.2 Å². The summed E-state index contributed by atoms with van der Waals surface area (Å²) in [5, 5.41) is 6.98. The number of aromatic nitrogens is 2. The minimum Gasteiger partial charge on any atom is -0.329 e. The zero-order chi connectivity index (χ0) is 14.4. The van der Waals surface area contributed by atoms with E-state index in [0.717, 1.165) is 38.1 Å². The molecule has 4 nitrogen and oxygen atoms in total. The molecule has 0 spiro atoms. The number of rotatable bonds is 7. The highest BCUT2D eigenvalue weighted by atomic mass is 15.1. The average molecular weight is 274 g/mol. The molecule has 1 heterocycles. The van der Waals surface area contributed by atoms with Crippen molar-refractivity contribution in [3.8, 4) is 0 Å². The first-order valence-electron chi connectivity index (χ1n) is 7.42. The largest absolute Gasteiger partial charge is 0.329 e. The Hall–Kier alpha value is -1.39. The van der Waals surface area contributed by atoms with Crippen LogP contribution in [0.4, 0.5) is 0 Å². The van der Waals surface area contributed by atoms with Gasteiger partial charge in [-0.25, -0.2) is 4.98 Å². The molecule has 0 aliphatic heterocycles. The predicted octanol–water partition coefficient (Wildman–Crippen LogP) is 2.40. The lowest BCUT2D eigenvalue weighted by Crippen LogP contribution is -2.37. The number of fused-ring (bicyclic) bond motifs is 1. The van der Waals surface area contributed by atoms with Gasteiger partial charge in [0.05, 0.1) is 17.4 Å². The maximum atomic E-state index is 4.40. The van der Waals surface area contributed by atoms with E-state index in [-0.39, 0.29) is 5.54 Å². The van der Waals surface area contributed by atoms with Crippen LogP contribution < -0.4 is 10.6 Å². The van der Waals surface area contributed by atoms with Gasteiger partial charge in [-0.3, -0.25) is 0 Å². The van der Waals surface area contributed by atoms with Gasteiger partial charge in [0.25, 0.3) is 0 Å². The van der Waals surface area contributed by atoms with Gasteiger partial charge >= 0.3 is 0 Å². The number of para-hydroxylation sites is 2. The van der Waals surface area contributed by atoms with E-state index in [1.54, 1.807) is 0 Å². The highest BCUT2D eigenvalue weighted by molar-refractivity contribution is 5.74. The van der Waals surface area contributed by atoms with Crippen LogP contribution in [-0.4, -0.2) is 34.7 Å². The molecule has 110 valence electrons. The van der Waals surface area contributed by atoms with Crippen molar-refractivity contribution in [2.45, 2.75) is 39.3 Å². The summed E-state index contributed by atoms with van der Waals surface area (Å²) in [7, 11) is 0. The summed E-state index contributed by atoms with van der Waals surface area (Å²) in [6.45, 7) is 10.7. The molecule has 2 rings (SSSR count). The molecule has 20 heavy (non-hydrogen) atoms. The molecule has 0 aliphatic rings. The standard InChI is InChI=1S/C16H26N4/c1-16(2,3)19-10-6-9-17-11-12-20-13-18-14-7-4-5-8-15(14)20/h4-5,7-8,13,17,19H,6,9-12H2,1-3H3. The molecular weight excluding hydrogens is 248 g/mol. The summed E-state index contributed by atoms with van der Waals surface area (Å²) < 4.78 is 2.20. The Morgan fingerprint density at radius 3 is 2.70 bits per heavy atom. The molecule has 1 aromatic heterocycles. The lowest BCUT2D eigenvalue weighted by Gasteiger charge is -2.20. The molecule has 0 bridgehead atoms. The molecule has 0 aliphatic carbocycles. The van der Waals surface area contributed by atoms with Crippen LogP contribution in [0.5, 0.6) is 0 Å². The normalized spacial score (nSPS) is 12.2. The van der Waals surface area contributed by atoms with Gasteiger partial charge in [-0.05, 0) is 52.4 Å². The van der Waals surface area contributed by atoms with Gasteiger partial charge in [-0.1, -0.05) is 12.1 Å². The van der Waals surface area contributed by atoms with E-state index >= 15 is 0 Å². The second-order valence-electron chi connectivity index (χ2n) is 6.21. The SMILES string of the molecule is CC(C)(C)NCCCNCCn1cnc2ccccc21. The Kier molecular flexibility index (Phi) is 5.15. The Morgan fingerprint density at radius 1 is 1.10 bits per heavy atom. The van der Waals surface area contributed by atoms with E-state index in [1.165, 1.54) is 5.52 Å². The summed E-state index contributed by atoms with van der Waals surface area (Å²) in [6, 6.07) is 8.26. The van der Waals surface area contributed by atoms with Crippen molar-refractivity contribution in [1.82, 2.24) is 20.2 Å². The quantitative estimate of drug-likeness (QED) is 0.762. The Morgan fingerprint density at radius 2 is 1.90 bits per heavy atom. The number of nitrogens with one attached hydrogen (secondary N) is 2. The lowest BCUT2D eigenvalue weighted by molar-refractivity contribution is 0.418. The van der Waals surface area contributed by atoms with Crippen LogP contribution in [-0.2, 0) is 6.54 Å². The van der Waals surface area contributed by atoms with Crippen LogP contribution in [0.25, 0.3) is 11.0 Å². The highest BCUT2D eigenvalue weighted by Gasteiger charge is 2.06. The topological polar surface area (TPSA) is 41.9 Å². The first-order valence-corrected chi connectivity index (χ1v) is 7.42. The highest BCUT2D eigenvalue weighted by Crippen LogP contribution is 2.10. The van der Waals surface area contributed by atoms with Crippen molar-refractivity contribution in [2.24, 2.45) is 0 Å². The average Bonchev–Trinajstić information content (AvgIpc) is 2.80. The fourth-order valence-corrected chi connectivity index (χ4v) is 2.19. The zero-order valence-corrected chi connectivity index (χ0v) is 12.8. The van der Waals surface area contributed by atoms with Crippen LogP contribution in [0.2, 0.25) is 0 Å². The van der Waals surface area contributed by atoms with Crippen LogP contribution in [0.3, 0.4) is 0 Å². The van der Waals surface area contributed by atoms with E-state index in [4.69, 9.17) is 0 Å². The molecule has 0 unspecified atom stereocenters. The van der Waals surface area contributed by atoms with E-state index in [1.807, 2.05) is 12.4 Å². The summed E-state index contributed by atoms with van der Waals surface area (Å²) in [6.07, 6.45) is 3.08. The Labute approximate surface area is 121 Å². The second kappa shape index (κ2) is 6.86. The van der Waals surface area contributed by atoms with Crippen molar-refractivity contribution >= 4 is 11.0 Å². The zero-order valence-electron chi connectivity index (χ0n) is 12.8. The van der Waals surface area contributed by atoms with Crippen LogP contribution in [0.1, 0.15) is 27.2 Å². The summed E-state index contributed by atoms with van der Waals surface area (Å²) >= 11 is 0. The van der Waals surface area contributed by atoms with Crippen molar-refractivity contribution in [3.05, 3.63) is 30.6 Å². The van der Waals surface area contributed by atoms with Crippen molar-refractivity contribution in [2.75, 3.05) is 19.6 Å². The van der Waals surface area contributed by atoms with E-state index < -0.39 is 0 Å². The van der Waals surface area contributed by atoms with Gasteiger partial charge < -0.3 is 15.2 Å². The number of imidazole rings is 1. The van der Waals surface area contributed by atoms with Crippen molar-refractivity contribution < 1.29 is 0 Å². The number of hydrogen-bond donors (Lipinski definition) is 2. The smallest absolute Gasteiger partial charge is 0.0958 e. The molecule has 2 aromatic rings. The maximum Gasteiger partial charge on any atom is 0.0958 e. The van der Waals surface area contributed by atoms with Gasteiger partial charge in [0.1, 0.15) is 0 Å². The van der Waals surface area contributed by atoms with Crippen molar-refractivity contribution in [1.29, 1.82) is 0 Å². The third-order valence-electron chi connectivity index (χ3n) is 3.24. The molecular formula is C16H26N4. The van der Waals surface area contributed by atoms with Gasteiger partial charge in [0.15, 0.2) is 0 Å². The minimum atomic E-state index is 0.218. The van der Waals surface area contributed by atoms with Crippen LogP contribution in [0.15, 0.2) is 30.6 Å². The molecule has 0 atom stereocenters. The third-order valence-corrected chi connectivity index (χ3v) is 3.24. The summed E-state index contributed by atoms with van der Waals surface area (Å²) in [5.41, 5.74) is 2.50. The second-order valence-corrected chi connectivity index (χ2v) is 6.21. The number of nitrogens with zero attached hydrogens (tertiary/aromatic N) is 2. The van der Waals surface area contributed by atoms with Crippen LogP contribution in [0, 0.1) is 0 Å². The molecule has 0 fully saturated rings. The summed E-state index contributed by atoms with van der Waals surface area (Å²) in [4.78, 5) is 4.40. The third kappa shape index (κ3) is 4.62. The van der Waals surface area contributed by atoms with Gasteiger partial charge in [-0.15, -0.1) is 0 Å². The van der Waals surface area contributed by atoms with Crippen LogP contribution >= 0.6 is 0 Å². The molecule has 0 saturated heterocycles. The first kappa shape index (κ1) is 15.0. The van der Waals surface area contributed by atoms with Gasteiger partial charge in [0.2, 0.25) is 0 Å². The summed E-state index contributed by atoms with van der Waals surface area (Å²) in [5.74, 6) is 0. The van der Waals surface area contributed by atoms with Crippen molar-refractivity contribution in [3.63, 3.8) is 0 Å². The number of benzene rings is 1. The predicted molar refractivity (Wildman–Crippen MR) is 85.0 cm³/mol. The van der Waals surface area contributed by atoms with Gasteiger partial charge in [0, 0.05) is 18.6 Å². The molecule has 4 heteroatoms. The molecule has 0 saturated carbocycles. The molecule has 0 amide bonds. The maximum absolute atomic E-state index is 4.40. The molecule has 2 N–H and O–H groups in total. The minimum absolute atomic E-state index is 0.218. The fraction of sp³-hybridized carbons (Fsp3) is 0.562. The lowest BCUT2D eigenvalue weighted by atomic mass is 10.1. The monoisotopic (exact) mass is 274 g/mol. The fourth-order valence-electron chi connectivity index (χ4n) is 2.19.